The van der Waals surface area contributed by atoms with Crippen molar-refractivity contribution in [3.8, 4) is 5.75 Å². The van der Waals surface area contributed by atoms with Gasteiger partial charge in [0.1, 0.15) is 29.6 Å². The molecule has 0 saturated carbocycles. The van der Waals surface area contributed by atoms with Crippen LogP contribution in [-0.4, -0.2) is 82.9 Å². The van der Waals surface area contributed by atoms with Crippen molar-refractivity contribution in [2.45, 2.75) is 58.3 Å². The lowest BCUT2D eigenvalue weighted by Crippen LogP contribution is -2.57. The molecular weight excluding hydrogens is 630 g/mol. The first kappa shape index (κ1) is 34.7. The Labute approximate surface area is 283 Å². The molecule has 5 rings (SSSR count). The number of carbonyl (C=O) groups excluding carboxylic acids is 5. The topological polar surface area (TPSA) is 188 Å². The van der Waals surface area contributed by atoms with E-state index in [0.717, 1.165) is 16.5 Å². The van der Waals surface area contributed by atoms with Crippen LogP contribution in [0.5, 0.6) is 5.75 Å². The van der Waals surface area contributed by atoms with Gasteiger partial charge in [0.05, 0.1) is 13.7 Å². The molecule has 14 nitrogen and oxygen atoms in total. The fraction of sp³-hybridized carbons (Fsp3) is 0.371. The van der Waals surface area contributed by atoms with Gasteiger partial charge in [-0.3, -0.25) is 24.0 Å². The monoisotopic (exact) mass is 671 g/mol. The van der Waals surface area contributed by atoms with E-state index in [1.807, 2.05) is 44.2 Å². The normalized spacial score (nSPS) is 19.8. The van der Waals surface area contributed by atoms with Crippen molar-refractivity contribution in [3.63, 3.8) is 0 Å². The first-order valence-corrected chi connectivity index (χ1v) is 16.2. The van der Waals surface area contributed by atoms with Crippen molar-refractivity contribution in [2.75, 3.05) is 20.2 Å². The SMILES string of the molecule is COc1ccc2[nH]c(C(=O)N3CCNC(=O)[C@@H](Cc4ccccc4)NC(=O)[C@@H](CC(C)C)NC(=O)[C@@H](C)NC(=O)c4cc(on4)C3)cc2c1. The van der Waals surface area contributed by atoms with Crippen LogP contribution in [0.3, 0.4) is 0 Å². The Bertz CT molecular complexity index is 1820. The zero-order valence-electron chi connectivity index (χ0n) is 27.9. The summed E-state index contributed by atoms with van der Waals surface area (Å²) >= 11 is 0. The molecule has 0 unspecified atom stereocenters. The third kappa shape index (κ3) is 8.83. The van der Waals surface area contributed by atoms with Crippen molar-refractivity contribution in [2.24, 2.45) is 5.92 Å². The molecule has 0 fully saturated rings. The summed E-state index contributed by atoms with van der Waals surface area (Å²) in [5.74, 6) is -1.76. The summed E-state index contributed by atoms with van der Waals surface area (Å²) in [4.78, 5) is 71.9. The lowest BCUT2D eigenvalue weighted by molar-refractivity contribution is -0.132. The number of aromatic amines is 1. The van der Waals surface area contributed by atoms with Gasteiger partial charge in [0.15, 0.2) is 11.5 Å². The molecule has 3 heterocycles. The highest BCUT2D eigenvalue weighted by atomic mass is 16.5. The Morgan fingerprint density at radius 1 is 0.959 bits per heavy atom. The smallest absolute Gasteiger partial charge is 0.274 e. The van der Waals surface area contributed by atoms with Gasteiger partial charge in [-0.1, -0.05) is 49.3 Å². The summed E-state index contributed by atoms with van der Waals surface area (Å²) in [7, 11) is 1.56. The van der Waals surface area contributed by atoms with Crippen LogP contribution in [0.1, 0.15) is 59.5 Å². The molecule has 258 valence electrons. The van der Waals surface area contributed by atoms with E-state index in [-0.39, 0.29) is 43.4 Å². The van der Waals surface area contributed by atoms with Crippen LogP contribution < -0.4 is 26.0 Å². The summed E-state index contributed by atoms with van der Waals surface area (Å²) in [5.41, 5.74) is 1.75. The van der Waals surface area contributed by atoms with Crippen molar-refractivity contribution in [1.82, 2.24) is 36.3 Å². The lowest BCUT2D eigenvalue weighted by Gasteiger charge is -2.26. The summed E-state index contributed by atoms with van der Waals surface area (Å²) < 4.78 is 10.7. The first-order valence-electron chi connectivity index (χ1n) is 16.2. The van der Waals surface area contributed by atoms with E-state index in [2.05, 4.69) is 31.4 Å². The predicted molar refractivity (Wildman–Crippen MR) is 179 cm³/mol. The summed E-state index contributed by atoms with van der Waals surface area (Å²) in [6.45, 7) is 5.31. The highest BCUT2D eigenvalue weighted by Gasteiger charge is 2.30. The van der Waals surface area contributed by atoms with Gasteiger partial charge in [0, 0.05) is 36.5 Å². The van der Waals surface area contributed by atoms with Crippen LogP contribution >= 0.6 is 0 Å². The molecule has 5 amide bonds. The predicted octanol–water partition coefficient (Wildman–Crippen LogP) is 2.31. The van der Waals surface area contributed by atoms with Gasteiger partial charge >= 0.3 is 0 Å². The summed E-state index contributed by atoms with van der Waals surface area (Å²) in [6.07, 6.45) is 0.484. The molecule has 1 aliphatic heterocycles. The zero-order chi connectivity index (χ0) is 35.1. The minimum absolute atomic E-state index is 0.0246. The molecule has 0 spiro atoms. The number of nitrogens with zero attached hydrogens (tertiary/aromatic N) is 2. The van der Waals surface area contributed by atoms with Crippen LogP contribution in [0.25, 0.3) is 10.9 Å². The highest BCUT2D eigenvalue weighted by molar-refractivity contribution is 5.99. The Kier molecular flexibility index (Phi) is 11.0. The van der Waals surface area contributed by atoms with E-state index < -0.39 is 47.7 Å². The maximum Gasteiger partial charge on any atom is 0.274 e. The molecule has 2 aromatic heterocycles. The Morgan fingerprint density at radius 2 is 1.71 bits per heavy atom. The Hall–Kier alpha value is -5.66. The molecule has 2 bridgehead atoms. The number of benzene rings is 2. The standard InChI is InChI=1S/C35H41N7O7/c1-20(2)14-27-33(45)40-28(15-22-8-6-5-7-9-22)32(44)36-12-13-42(35(47)30-17-23-16-24(48-4)10-11-26(23)38-30)19-25-18-29(41-49-25)34(46)37-21(3)31(43)39-27/h5-11,16-18,20-21,27-28,38H,12-15,19H2,1-4H3,(H,36,44)(H,37,46)(H,39,43)(H,40,45)/t21-,27-,28-/m1/s1. The number of amides is 5. The minimum atomic E-state index is -1.03. The van der Waals surface area contributed by atoms with E-state index in [0.29, 0.717) is 17.9 Å². The number of carbonyl (C=O) groups is 5. The molecule has 1 aliphatic rings. The number of rotatable bonds is 6. The van der Waals surface area contributed by atoms with Crippen LogP contribution in [0.15, 0.2) is 65.2 Å². The van der Waals surface area contributed by atoms with Crippen molar-refractivity contribution < 1.29 is 33.2 Å². The van der Waals surface area contributed by atoms with Crippen LogP contribution in [0.2, 0.25) is 0 Å². The average Bonchev–Trinajstić information content (AvgIpc) is 3.73. The van der Waals surface area contributed by atoms with Gasteiger partial charge in [-0.25, -0.2) is 0 Å². The number of ether oxygens (including phenoxy) is 1. The maximum absolute atomic E-state index is 13.9. The second kappa shape index (κ2) is 15.5. The fourth-order valence-electron chi connectivity index (χ4n) is 5.56. The molecule has 0 aliphatic carbocycles. The number of hydrogen-bond acceptors (Lipinski definition) is 8. The quantitative estimate of drug-likeness (QED) is 0.207. The largest absolute Gasteiger partial charge is 0.497 e. The molecule has 3 atom stereocenters. The molecule has 0 radical (unpaired) electrons. The number of methoxy groups -OCH3 is 1. The van der Waals surface area contributed by atoms with E-state index in [9.17, 15) is 24.0 Å². The number of aromatic nitrogens is 2. The van der Waals surface area contributed by atoms with Gasteiger partial charge in [-0.15, -0.1) is 0 Å². The second-order valence-corrected chi connectivity index (χ2v) is 12.5. The van der Waals surface area contributed by atoms with E-state index in [1.54, 1.807) is 31.4 Å². The zero-order valence-corrected chi connectivity index (χ0v) is 27.9. The van der Waals surface area contributed by atoms with Crippen LogP contribution in [-0.2, 0) is 27.3 Å². The van der Waals surface area contributed by atoms with Crippen molar-refractivity contribution in [1.29, 1.82) is 0 Å². The number of hydrogen-bond donors (Lipinski definition) is 5. The number of H-pyrrole nitrogens is 1. The minimum Gasteiger partial charge on any atom is -0.497 e. The van der Waals surface area contributed by atoms with Gasteiger partial charge in [0.25, 0.3) is 11.8 Å². The molecule has 0 saturated heterocycles. The van der Waals surface area contributed by atoms with Crippen LogP contribution in [0.4, 0.5) is 0 Å². The van der Waals surface area contributed by atoms with Gasteiger partial charge in [-0.05, 0) is 49.1 Å². The Morgan fingerprint density at radius 3 is 2.45 bits per heavy atom. The van der Waals surface area contributed by atoms with E-state index in [4.69, 9.17) is 9.26 Å². The molecule has 14 heteroatoms. The maximum atomic E-state index is 13.9. The first-order chi connectivity index (χ1) is 23.5. The number of fused-ring (bicyclic) bond motifs is 3. The van der Waals surface area contributed by atoms with Crippen molar-refractivity contribution in [3.05, 3.63) is 83.4 Å². The van der Waals surface area contributed by atoms with Crippen LogP contribution in [0, 0.1) is 5.92 Å². The molecule has 5 N–H and O–H groups in total. The van der Waals surface area contributed by atoms with Gasteiger partial charge < -0.3 is 40.4 Å². The summed E-state index contributed by atoms with van der Waals surface area (Å²) in [5, 5.41) is 15.6. The molecule has 4 aromatic rings. The van der Waals surface area contributed by atoms with Gasteiger partial charge in [-0.2, -0.15) is 0 Å². The lowest BCUT2D eigenvalue weighted by atomic mass is 10.0. The molecule has 49 heavy (non-hydrogen) atoms. The van der Waals surface area contributed by atoms with Crippen molar-refractivity contribution >= 4 is 40.4 Å². The van der Waals surface area contributed by atoms with Gasteiger partial charge in [0.2, 0.25) is 17.7 Å². The van der Waals surface area contributed by atoms with E-state index >= 15 is 0 Å². The number of nitrogens with one attached hydrogen (secondary N) is 5. The van der Waals surface area contributed by atoms with E-state index in [1.165, 1.54) is 17.9 Å². The second-order valence-electron chi connectivity index (χ2n) is 12.5. The molecule has 2 aromatic carbocycles. The molecular formula is C35H41N7O7. The fourth-order valence-corrected chi connectivity index (χ4v) is 5.56. The third-order valence-electron chi connectivity index (χ3n) is 8.16. The third-order valence-corrected chi connectivity index (χ3v) is 8.16. The Balaban J connectivity index is 1.45. The summed E-state index contributed by atoms with van der Waals surface area (Å²) in [6, 6.07) is 14.7. The average molecular weight is 672 g/mol. The highest BCUT2D eigenvalue weighted by Crippen LogP contribution is 2.23.